The van der Waals surface area contributed by atoms with Crippen molar-refractivity contribution >= 4 is 45.1 Å². The van der Waals surface area contributed by atoms with Crippen molar-refractivity contribution in [3.8, 4) is 44.7 Å². The molecule has 0 saturated carbocycles. The smallest absolute Gasteiger partial charge is 0.140 e. The molecule has 310 valence electrons. The largest absolute Gasteiger partial charge is 0.456 e. The minimum Gasteiger partial charge on any atom is -0.456 e. The molecule has 2 aliphatic rings. The van der Waals surface area contributed by atoms with Crippen LogP contribution in [0, 0.1) is 0 Å². The molecule has 1 unspecified atom stereocenters. The molecule has 0 amide bonds. The van der Waals surface area contributed by atoms with Crippen LogP contribution in [0.1, 0.15) is 22.3 Å². The van der Waals surface area contributed by atoms with Gasteiger partial charge in [-0.2, -0.15) is 0 Å². The molecule has 11 aromatic rings. The van der Waals surface area contributed by atoms with Crippen LogP contribution >= 0.6 is 0 Å². The van der Waals surface area contributed by atoms with Crippen LogP contribution in [0.15, 0.2) is 259 Å². The number of furan rings is 1. The third-order valence-corrected chi connectivity index (χ3v) is 13.7. The Labute approximate surface area is 384 Å². The molecular weight excluding hydrogens is 801 g/mol. The van der Waals surface area contributed by atoms with Crippen molar-refractivity contribution in [2.45, 2.75) is 5.41 Å². The highest BCUT2D eigenvalue weighted by molar-refractivity contribution is 6.05. The highest BCUT2D eigenvalue weighted by atomic mass is 16.3. The molecule has 3 nitrogen and oxygen atoms in total. The van der Waals surface area contributed by atoms with Crippen LogP contribution in [0.3, 0.4) is 0 Å². The van der Waals surface area contributed by atoms with Crippen molar-refractivity contribution < 1.29 is 4.42 Å². The van der Waals surface area contributed by atoms with Crippen LogP contribution in [0.25, 0.3) is 55.7 Å². The van der Waals surface area contributed by atoms with Crippen LogP contribution in [0.5, 0.6) is 0 Å². The van der Waals surface area contributed by atoms with Gasteiger partial charge >= 0.3 is 0 Å². The molecule has 13 rings (SSSR count). The molecule has 1 atom stereocenters. The Kier molecular flexibility index (Phi) is 8.75. The summed E-state index contributed by atoms with van der Waals surface area (Å²) in [5.41, 5.74) is 20.0. The van der Waals surface area contributed by atoms with Gasteiger partial charge in [0, 0.05) is 50.5 Å². The fourth-order valence-corrected chi connectivity index (χ4v) is 10.9. The third-order valence-electron chi connectivity index (χ3n) is 13.7. The predicted octanol–water partition coefficient (Wildman–Crippen LogP) is 17.0. The van der Waals surface area contributed by atoms with Gasteiger partial charge in [0.15, 0.2) is 0 Å². The normalized spacial score (nSPS) is 14.1. The van der Waals surface area contributed by atoms with Gasteiger partial charge in [0.1, 0.15) is 11.3 Å². The van der Waals surface area contributed by atoms with Gasteiger partial charge < -0.3 is 14.2 Å². The summed E-state index contributed by atoms with van der Waals surface area (Å²) >= 11 is 0. The third kappa shape index (κ3) is 5.77. The van der Waals surface area contributed by atoms with Gasteiger partial charge in [-0.15, -0.1) is 0 Å². The van der Waals surface area contributed by atoms with Gasteiger partial charge in [-0.3, -0.25) is 0 Å². The fourth-order valence-electron chi connectivity index (χ4n) is 10.9. The number of rotatable bonds is 8. The maximum atomic E-state index is 7.10. The lowest BCUT2D eigenvalue weighted by Gasteiger charge is -2.32. The maximum Gasteiger partial charge on any atom is 0.140 e. The van der Waals surface area contributed by atoms with Crippen molar-refractivity contribution in [2.24, 2.45) is 0 Å². The predicted molar refractivity (Wildman–Crippen MR) is 273 cm³/mol. The van der Waals surface area contributed by atoms with Crippen molar-refractivity contribution in [3.63, 3.8) is 0 Å². The van der Waals surface area contributed by atoms with Crippen molar-refractivity contribution in [1.82, 2.24) is 0 Å². The summed E-state index contributed by atoms with van der Waals surface area (Å²) in [7, 11) is 0. The van der Waals surface area contributed by atoms with E-state index in [2.05, 4.69) is 265 Å². The van der Waals surface area contributed by atoms with Crippen LogP contribution in [0.4, 0.5) is 34.1 Å². The van der Waals surface area contributed by atoms with Gasteiger partial charge in [0.05, 0.1) is 11.1 Å². The molecule has 0 N–H and O–H groups in total. The van der Waals surface area contributed by atoms with Crippen LogP contribution < -0.4 is 9.80 Å². The number of nitrogens with zero attached hydrogens (tertiary/aromatic N) is 2. The Morgan fingerprint density at radius 2 is 0.788 bits per heavy atom. The zero-order valence-corrected chi connectivity index (χ0v) is 36.1. The van der Waals surface area contributed by atoms with E-state index in [1.807, 2.05) is 0 Å². The zero-order valence-electron chi connectivity index (χ0n) is 36.1. The van der Waals surface area contributed by atoms with E-state index in [1.54, 1.807) is 0 Å². The molecule has 0 radical (unpaired) electrons. The van der Waals surface area contributed by atoms with Gasteiger partial charge in [0.2, 0.25) is 0 Å². The molecule has 66 heavy (non-hydrogen) atoms. The minimum atomic E-state index is -0.647. The molecule has 10 aromatic carbocycles. The lowest BCUT2D eigenvalue weighted by molar-refractivity contribution is 0.628. The molecule has 0 aliphatic heterocycles. The quantitative estimate of drug-likeness (QED) is 0.152. The van der Waals surface area contributed by atoms with Gasteiger partial charge in [-0.05, 0) is 117 Å². The van der Waals surface area contributed by atoms with E-state index in [1.165, 1.54) is 55.6 Å². The van der Waals surface area contributed by atoms with Crippen molar-refractivity contribution in [3.05, 3.63) is 277 Å². The first kappa shape index (κ1) is 37.9. The first-order chi connectivity index (χ1) is 32.8. The summed E-state index contributed by atoms with van der Waals surface area (Å²) in [6.45, 7) is 0. The number of para-hydroxylation sites is 3. The Balaban J connectivity index is 1.03. The van der Waals surface area contributed by atoms with Gasteiger partial charge in [-0.1, -0.05) is 182 Å². The average Bonchev–Trinajstić information content (AvgIpc) is 4.02. The number of hydrogen-bond donors (Lipinski definition) is 0. The fraction of sp³-hybridized carbons (Fsp3) is 0.0159. The van der Waals surface area contributed by atoms with Crippen LogP contribution in [-0.4, -0.2) is 0 Å². The van der Waals surface area contributed by atoms with E-state index in [0.29, 0.717) is 0 Å². The average molecular weight is 843 g/mol. The summed E-state index contributed by atoms with van der Waals surface area (Å²) in [5, 5.41) is 1.13. The van der Waals surface area contributed by atoms with E-state index >= 15 is 0 Å². The Bertz CT molecular complexity index is 3560. The minimum absolute atomic E-state index is 0.647. The van der Waals surface area contributed by atoms with Crippen LogP contribution in [-0.2, 0) is 5.41 Å². The standard InChI is InChI=1S/C63H42N2O/c1-5-18-43(19-6-1)45-32-36-49(37-33-45)64(47-22-9-3-10-23-47)51-40-41-56-54(42-51)62-61(53-27-14-16-31-59(53)66-62)63(56)55-28-15-13-26-52(55)60-57(63)29-17-30-58(60)65(48-24-11-4-12-25-48)50-38-34-46(35-39-50)44-20-7-2-8-21-44/h1-42H. The number of benzene rings is 10. The van der Waals surface area contributed by atoms with Gasteiger partial charge in [0.25, 0.3) is 0 Å². The maximum absolute atomic E-state index is 7.10. The first-order valence-corrected chi connectivity index (χ1v) is 22.7. The monoisotopic (exact) mass is 842 g/mol. The Hall–Kier alpha value is -8.66. The van der Waals surface area contributed by atoms with E-state index in [0.717, 1.165) is 56.4 Å². The molecule has 0 saturated heterocycles. The lowest BCUT2D eigenvalue weighted by atomic mass is 9.70. The highest BCUT2D eigenvalue weighted by Crippen LogP contribution is 2.67. The summed E-state index contributed by atoms with van der Waals surface area (Å²) in [5.74, 6) is 0.921. The summed E-state index contributed by atoms with van der Waals surface area (Å²) < 4.78 is 7.10. The zero-order chi connectivity index (χ0) is 43.6. The summed E-state index contributed by atoms with van der Waals surface area (Å²) in [6.07, 6.45) is 0. The summed E-state index contributed by atoms with van der Waals surface area (Å²) in [6, 6.07) is 92.1. The number of fused-ring (bicyclic) bond motifs is 12. The lowest BCUT2D eigenvalue weighted by Crippen LogP contribution is -2.26. The van der Waals surface area contributed by atoms with Gasteiger partial charge in [-0.25, -0.2) is 0 Å². The van der Waals surface area contributed by atoms with Crippen molar-refractivity contribution in [2.75, 3.05) is 9.80 Å². The molecule has 1 spiro atoms. The van der Waals surface area contributed by atoms with E-state index < -0.39 is 5.41 Å². The molecular formula is C63H42N2O. The molecule has 1 heterocycles. The second-order valence-electron chi connectivity index (χ2n) is 17.2. The van der Waals surface area contributed by atoms with Crippen LogP contribution in [0.2, 0.25) is 0 Å². The molecule has 0 fully saturated rings. The highest BCUT2D eigenvalue weighted by Gasteiger charge is 2.55. The topological polar surface area (TPSA) is 19.6 Å². The summed E-state index contributed by atoms with van der Waals surface area (Å²) in [4.78, 5) is 4.79. The molecule has 3 heteroatoms. The first-order valence-electron chi connectivity index (χ1n) is 22.7. The second kappa shape index (κ2) is 15.3. The van der Waals surface area contributed by atoms with E-state index in [-0.39, 0.29) is 0 Å². The molecule has 2 aliphatic carbocycles. The Morgan fingerprint density at radius 1 is 0.318 bits per heavy atom. The number of anilines is 6. The van der Waals surface area contributed by atoms with Crippen molar-refractivity contribution in [1.29, 1.82) is 0 Å². The van der Waals surface area contributed by atoms with E-state index in [9.17, 15) is 0 Å². The molecule has 0 bridgehead atoms. The molecule has 1 aromatic heterocycles. The Morgan fingerprint density at radius 3 is 1.44 bits per heavy atom. The SMILES string of the molecule is c1ccc(-c2ccc(N(c3ccccc3)c3ccc4c(c3)-c3oc5ccccc5c3C43c4ccccc4-c4c(N(c5ccccc5)c5ccc(-c6ccccc6)cc5)cccc43)cc2)cc1. The van der Waals surface area contributed by atoms with E-state index in [4.69, 9.17) is 4.42 Å². The number of hydrogen-bond acceptors (Lipinski definition) is 3. The second-order valence-corrected chi connectivity index (χ2v) is 17.2.